The smallest absolute Gasteiger partial charge is 0.149 e. The van der Waals surface area contributed by atoms with Crippen molar-refractivity contribution in [3.63, 3.8) is 0 Å². The van der Waals surface area contributed by atoms with Crippen molar-refractivity contribution in [2.24, 2.45) is 5.92 Å². The van der Waals surface area contributed by atoms with Gasteiger partial charge in [0, 0.05) is 31.0 Å². The third-order valence-corrected chi connectivity index (χ3v) is 15.5. The number of rotatable bonds is 11. The Morgan fingerprint density at radius 3 is 1.78 bits per heavy atom. The number of hydrogen-bond acceptors (Lipinski definition) is 3. The van der Waals surface area contributed by atoms with E-state index in [0.717, 1.165) is 92.6 Å². The average molecular weight is 968 g/mol. The number of aromatic nitrogens is 3. The van der Waals surface area contributed by atoms with Crippen LogP contribution in [0.15, 0.2) is 206 Å². The summed E-state index contributed by atoms with van der Waals surface area (Å²) in [6.45, 7) is 15.6. The van der Waals surface area contributed by atoms with Gasteiger partial charge < -0.3 is 5.11 Å². The minimum absolute atomic E-state index is 0.0357. The Balaban J connectivity index is 1.07. The predicted molar refractivity (Wildman–Crippen MR) is 309 cm³/mol. The van der Waals surface area contributed by atoms with Crippen LogP contribution in [0.25, 0.3) is 72.7 Å². The summed E-state index contributed by atoms with van der Waals surface area (Å²) in [6.07, 6.45) is 4.31. The van der Waals surface area contributed by atoms with E-state index in [4.69, 9.17) is 9.97 Å². The topological polar surface area (TPSA) is 50.9 Å². The van der Waals surface area contributed by atoms with Crippen LogP contribution < -0.4 is 0 Å². The standard InChI is InChI=1S/C70H67N3O/c1-68(2,3)57-35-37-65(74)61(46-57)67-72-66-59(28-19-29-64(66)73(67)63-36-30-48(40-47-20-17-18-21-47)41-60(63)50-22-11-8-12-23-50)52-42-53(44-58(43-52)69(4,5)6)62-45-51(38-39-71-62)49-31-33-56(34-32-49)70(7,54-24-13-9-14-25-54)55-26-15-10-16-27-55/h8-16,19,22-39,41-47,74H,17-18,20-21,40H2,1-7H3/i40D2. The number of phenols is 1. The lowest BCUT2D eigenvalue weighted by atomic mass is 9.71. The summed E-state index contributed by atoms with van der Waals surface area (Å²) >= 11 is 0. The molecular formula is C70H67N3O. The van der Waals surface area contributed by atoms with E-state index < -0.39 is 6.37 Å². The lowest BCUT2D eigenvalue weighted by Gasteiger charge is -2.32. The molecule has 368 valence electrons. The minimum Gasteiger partial charge on any atom is -0.507 e. The zero-order chi connectivity index (χ0) is 53.0. The van der Waals surface area contributed by atoms with Gasteiger partial charge in [-0.2, -0.15) is 0 Å². The van der Waals surface area contributed by atoms with Crippen molar-refractivity contribution in [3.05, 3.63) is 240 Å². The van der Waals surface area contributed by atoms with Crippen molar-refractivity contribution in [1.82, 2.24) is 14.5 Å². The fourth-order valence-corrected chi connectivity index (χ4v) is 11.1. The molecule has 1 saturated carbocycles. The number of phenolic OH excluding ortho intramolecular Hbond substituents is 1. The highest BCUT2D eigenvalue weighted by atomic mass is 16.3. The van der Waals surface area contributed by atoms with Gasteiger partial charge in [-0.3, -0.25) is 9.55 Å². The Morgan fingerprint density at radius 2 is 1.12 bits per heavy atom. The highest BCUT2D eigenvalue weighted by Crippen LogP contribution is 2.44. The SMILES string of the molecule is [2H]C([2H])(c1ccc(-n2c(-c3cc(C(C)(C)C)ccc3O)nc3c(-c4cc(-c5cc(-c6ccc(C(C)(c7ccccc7)c7ccccc7)cc6)ccn5)cc(C(C)(C)C)c4)cccc32)c(-c2ccccc2)c1)C1CCCC1. The first-order valence-corrected chi connectivity index (χ1v) is 26.4. The quantitative estimate of drug-likeness (QED) is 0.131. The monoisotopic (exact) mass is 968 g/mol. The molecule has 4 nitrogen and oxygen atoms in total. The molecule has 1 aliphatic carbocycles. The molecule has 4 heteroatoms. The van der Waals surface area contributed by atoms with Crippen molar-refractivity contribution < 1.29 is 7.85 Å². The molecule has 0 atom stereocenters. The Morgan fingerprint density at radius 1 is 0.500 bits per heavy atom. The fraction of sp³-hybridized carbons (Fsp3) is 0.229. The molecule has 0 amide bonds. The zero-order valence-corrected chi connectivity index (χ0v) is 43.8. The second-order valence-corrected chi connectivity index (χ2v) is 22.6. The first kappa shape index (κ1) is 46.0. The van der Waals surface area contributed by atoms with Crippen LogP contribution in [-0.4, -0.2) is 19.6 Å². The van der Waals surface area contributed by atoms with Gasteiger partial charge in [0.05, 0.1) is 28.0 Å². The summed E-state index contributed by atoms with van der Waals surface area (Å²) in [4.78, 5) is 10.7. The molecule has 74 heavy (non-hydrogen) atoms. The second-order valence-electron chi connectivity index (χ2n) is 22.6. The Labute approximate surface area is 441 Å². The number of benzene rings is 8. The molecule has 1 fully saturated rings. The maximum Gasteiger partial charge on any atom is 0.149 e. The summed E-state index contributed by atoms with van der Waals surface area (Å²) in [7, 11) is 0. The Bertz CT molecular complexity index is 3670. The van der Waals surface area contributed by atoms with Gasteiger partial charge in [0.15, 0.2) is 0 Å². The van der Waals surface area contributed by atoms with Gasteiger partial charge >= 0.3 is 0 Å². The number of nitrogens with zero attached hydrogens (tertiary/aromatic N) is 3. The van der Waals surface area contributed by atoms with E-state index in [1.807, 2.05) is 36.5 Å². The molecule has 0 spiro atoms. The van der Waals surface area contributed by atoms with Crippen molar-refractivity contribution in [1.29, 1.82) is 0 Å². The lowest BCUT2D eigenvalue weighted by molar-refractivity contribution is 0.475. The molecule has 1 N–H and O–H groups in total. The molecule has 2 aromatic heterocycles. The predicted octanol–water partition coefficient (Wildman–Crippen LogP) is 18.1. The maximum absolute atomic E-state index is 11.9. The first-order valence-electron chi connectivity index (χ1n) is 27.4. The van der Waals surface area contributed by atoms with Gasteiger partial charge in [-0.15, -0.1) is 0 Å². The lowest BCUT2D eigenvalue weighted by Crippen LogP contribution is -2.25. The number of para-hydroxylation sites is 1. The van der Waals surface area contributed by atoms with Crippen LogP contribution >= 0.6 is 0 Å². The number of fused-ring (bicyclic) bond motifs is 1. The Hall–Kier alpha value is -7.82. The number of imidazole rings is 1. The van der Waals surface area contributed by atoms with Gasteiger partial charge in [0.1, 0.15) is 11.6 Å². The molecule has 0 radical (unpaired) electrons. The largest absolute Gasteiger partial charge is 0.507 e. The Kier molecular flexibility index (Phi) is 12.2. The summed E-state index contributed by atoms with van der Waals surface area (Å²) in [5, 5.41) is 11.9. The van der Waals surface area contributed by atoms with Crippen molar-refractivity contribution in [2.45, 2.75) is 96.8 Å². The van der Waals surface area contributed by atoms with E-state index in [2.05, 4.69) is 217 Å². The van der Waals surface area contributed by atoms with Crippen LogP contribution in [0.2, 0.25) is 0 Å². The van der Waals surface area contributed by atoms with E-state index in [1.54, 1.807) is 6.07 Å². The molecule has 0 unspecified atom stereocenters. The van der Waals surface area contributed by atoms with E-state index in [0.29, 0.717) is 17.0 Å². The summed E-state index contributed by atoms with van der Waals surface area (Å²) < 4.78 is 21.2. The van der Waals surface area contributed by atoms with E-state index in [-0.39, 0.29) is 27.9 Å². The summed E-state index contributed by atoms with van der Waals surface area (Å²) in [5.74, 6) is 0.710. The summed E-state index contributed by atoms with van der Waals surface area (Å²) in [6, 6.07) is 70.3. The van der Waals surface area contributed by atoms with Crippen LogP contribution in [0, 0.1) is 5.92 Å². The van der Waals surface area contributed by atoms with E-state index in [9.17, 15) is 7.85 Å². The third-order valence-electron chi connectivity index (χ3n) is 15.5. The third kappa shape index (κ3) is 9.39. The number of aromatic hydroxyl groups is 1. The van der Waals surface area contributed by atoms with Gasteiger partial charge in [-0.1, -0.05) is 213 Å². The molecule has 11 rings (SSSR count). The molecule has 0 saturated heterocycles. The van der Waals surface area contributed by atoms with Gasteiger partial charge in [-0.05, 0) is 140 Å². The molecule has 8 aromatic carbocycles. The average Bonchev–Trinajstić information content (AvgIpc) is 4.15. The normalized spacial score (nSPS) is 14.0. The van der Waals surface area contributed by atoms with Gasteiger partial charge in [0.25, 0.3) is 0 Å². The van der Waals surface area contributed by atoms with Crippen LogP contribution in [0.4, 0.5) is 0 Å². The van der Waals surface area contributed by atoms with Gasteiger partial charge in [-0.25, -0.2) is 4.98 Å². The zero-order valence-electron chi connectivity index (χ0n) is 45.8. The molecular weight excluding hydrogens is 899 g/mol. The number of pyridine rings is 1. The van der Waals surface area contributed by atoms with Crippen LogP contribution in [0.1, 0.15) is 110 Å². The van der Waals surface area contributed by atoms with Crippen molar-refractivity contribution in [2.75, 3.05) is 0 Å². The molecule has 0 aliphatic heterocycles. The van der Waals surface area contributed by atoms with Crippen LogP contribution in [-0.2, 0) is 22.6 Å². The maximum atomic E-state index is 11.9. The van der Waals surface area contributed by atoms with E-state index >= 15 is 0 Å². The molecule has 1 aliphatic rings. The van der Waals surface area contributed by atoms with Crippen molar-refractivity contribution in [3.8, 4) is 67.5 Å². The highest BCUT2D eigenvalue weighted by molar-refractivity contribution is 5.98. The number of hydrogen-bond donors (Lipinski definition) is 1. The van der Waals surface area contributed by atoms with Gasteiger partial charge in [0.2, 0.25) is 0 Å². The van der Waals surface area contributed by atoms with E-state index in [1.165, 1.54) is 22.3 Å². The molecule has 2 heterocycles. The highest BCUT2D eigenvalue weighted by Gasteiger charge is 2.31. The minimum atomic E-state index is -1.49. The first-order chi connectivity index (χ1) is 36.5. The van der Waals surface area contributed by atoms with Crippen LogP contribution in [0.3, 0.4) is 0 Å². The molecule has 10 aromatic rings. The van der Waals surface area contributed by atoms with Crippen molar-refractivity contribution >= 4 is 11.0 Å². The van der Waals surface area contributed by atoms with Crippen LogP contribution in [0.5, 0.6) is 5.75 Å². The molecule has 0 bridgehead atoms. The second kappa shape index (κ2) is 19.6. The summed E-state index contributed by atoms with van der Waals surface area (Å²) in [5.41, 5.74) is 17.0. The fourth-order valence-electron chi connectivity index (χ4n) is 11.1.